The Morgan fingerprint density at radius 3 is 2.74 bits per heavy atom. The van der Waals surface area contributed by atoms with Gasteiger partial charge in [0.25, 0.3) is 0 Å². The molecule has 0 radical (unpaired) electrons. The van der Waals surface area contributed by atoms with E-state index in [4.69, 9.17) is 23.2 Å². The van der Waals surface area contributed by atoms with Crippen LogP contribution < -0.4 is 5.32 Å². The minimum absolute atomic E-state index is 0.276. The van der Waals surface area contributed by atoms with E-state index in [9.17, 15) is 4.79 Å². The van der Waals surface area contributed by atoms with Crippen molar-refractivity contribution < 1.29 is 4.79 Å². The summed E-state index contributed by atoms with van der Waals surface area (Å²) in [5, 5.41) is 12.4. The lowest BCUT2D eigenvalue weighted by atomic mass is 10.2. The fraction of sp³-hybridized carbons (Fsp3) is 0.0833. The number of anilines is 1. The van der Waals surface area contributed by atoms with Gasteiger partial charge in [0.2, 0.25) is 11.0 Å². The molecule has 0 atom stereocenters. The second-order valence-corrected chi connectivity index (χ2v) is 5.62. The van der Waals surface area contributed by atoms with Crippen LogP contribution >= 0.6 is 34.5 Å². The molecule has 1 aromatic carbocycles. The van der Waals surface area contributed by atoms with Crippen LogP contribution in [0.25, 0.3) is 6.08 Å². The molecule has 1 aromatic heterocycles. The number of hydrogen-bond donors (Lipinski definition) is 1. The summed E-state index contributed by atoms with van der Waals surface area (Å²) in [5.41, 5.74) is 0.790. The molecule has 1 heterocycles. The van der Waals surface area contributed by atoms with Gasteiger partial charge < -0.3 is 0 Å². The molecule has 2 aromatic rings. The van der Waals surface area contributed by atoms with E-state index in [1.807, 2.05) is 6.92 Å². The number of aryl methyl sites for hydroxylation is 1. The van der Waals surface area contributed by atoms with Crippen molar-refractivity contribution in [3.05, 3.63) is 44.9 Å². The lowest BCUT2D eigenvalue weighted by Crippen LogP contribution is -2.07. The van der Waals surface area contributed by atoms with Crippen LogP contribution in [-0.2, 0) is 4.79 Å². The van der Waals surface area contributed by atoms with Gasteiger partial charge in [0.1, 0.15) is 5.01 Å². The predicted octanol–water partition coefficient (Wildman–Crippen LogP) is 3.81. The predicted molar refractivity (Wildman–Crippen MR) is 78.8 cm³/mol. The standard InChI is InChI=1S/C12H9Cl2N3OS/c1-7-16-17-12(19-7)15-11(18)5-3-8-2-4-9(13)10(14)6-8/h2-6H,1H3,(H,15,17,18). The summed E-state index contributed by atoms with van der Waals surface area (Å²) >= 11 is 13.0. The van der Waals surface area contributed by atoms with Gasteiger partial charge in [-0.1, -0.05) is 40.6 Å². The molecule has 0 saturated carbocycles. The minimum Gasteiger partial charge on any atom is -0.297 e. The van der Waals surface area contributed by atoms with Gasteiger partial charge in [-0.05, 0) is 30.7 Å². The molecule has 0 aliphatic rings. The summed E-state index contributed by atoms with van der Waals surface area (Å²) in [5.74, 6) is -0.276. The lowest BCUT2D eigenvalue weighted by molar-refractivity contribution is -0.111. The summed E-state index contributed by atoms with van der Waals surface area (Å²) in [7, 11) is 0. The van der Waals surface area contributed by atoms with Gasteiger partial charge in [-0.25, -0.2) is 0 Å². The topological polar surface area (TPSA) is 54.9 Å². The van der Waals surface area contributed by atoms with Gasteiger partial charge in [0, 0.05) is 6.08 Å². The molecule has 0 bridgehead atoms. The van der Waals surface area contributed by atoms with Crippen LogP contribution in [0, 0.1) is 6.92 Å². The number of aromatic nitrogens is 2. The Morgan fingerprint density at radius 1 is 1.32 bits per heavy atom. The molecule has 19 heavy (non-hydrogen) atoms. The van der Waals surface area contributed by atoms with E-state index in [1.165, 1.54) is 17.4 Å². The Bertz CT molecular complexity index is 640. The number of nitrogens with zero attached hydrogens (tertiary/aromatic N) is 2. The smallest absolute Gasteiger partial charge is 0.250 e. The van der Waals surface area contributed by atoms with Crippen molar-refractivity contribution in [2.45, 2.75) is 6.92 Å². The summed E-state index contributed by atoms with van der Waals surface area (Å²) in [6, 6.07) is 5.13. The number of hydrogen-bond acceptors (Lipinski definition) is 4. The highest BCUT2D eigenvalue weighted by Gasteiger charge is 2.03. The first-order valence-corrected chi connectivity index (χ1v) is 6.86. The van der Waals surface area contributed by atoms with Gasteiger partial charge in [0.15, 0.2) is 0 Å². The van der Waals surface area contributed by atoms with Crippen molar-refractivity contribution in [2.75, 3.05) is 5.32 Å². The number of amides is 1. The fourth-order valence-corrected chi connectivity index (χ4v) is 2.18. The van der Waals surface area contributed by atoms with Gasteiger partial charge >= 0.3 is 0 Å². The van der Waals surface area contributed by atoms with Crippen molar-refractivity contribution in [3.8, 4) is 0 Å². The molecule has 0 saturated heterocycles. The first kappa shape index (κ1) is 14.0. The largest absolute Gasteiger partial charge is 0.297 e. The summed E-state index contributed by atoms with van der Waals surface area (Å²) in [4.78, 5) is 11.6. The van der Waals surface area contributed by atoms with Crippen molar-refractivity contribution in [3.63, 3.8) is 0 Å². The maximum Gasteiger partial charge on any atom is 0.250 e. The van der Waals surface area contributed by atoms with Crippen LogP contribution in [0.1, 0.15) is 10.6 Å². The summed E-state index contributed by atoms with van der Waals surface area (Å²) in [6.07, 6.45) is 3.04. The zero-order valence-corrected chi connectivity index (χ0v) is 12.2. The highest BCUT2D eigenvalue weighted by molar-refractivity contribution is 7.15. The first-order chi connectivity index (χ1) is 9.04. The maximum absolute atomic E-state index is 11.6. The van der Waals surface area contributed by atoms with E-state index in [2.05, 4.69) is 15.5 Å². The van der Waals surface area contributed by atoms with Crippen LogP contribution in [0.2, 0.25) is 10.0 Å². The SMILES string of the molecule is Cc1nnc(NC(=O)C=Cc2ccc(Cl)c(Cl)c2)s1. The highest BCUT2D eigenvalue weighted by Crippen LogP contribution is 2.23. The minimum atomic E-state index is -0.276. The maximum atomic E-state index is 11.6. The molecule has 0 aliphatic carbocycles. The van der Waals surface area contributed by atoms with Gasteiger partial charge in [-0.2, -0.15) is 0 Å². The Morgan fingerprint density at radius 2 is 2.11 bits per heavy atom. The van der Waals surface area contributed by atoms with Crippen LogP contribution in [0.15, 0.2) is 24.3 Å². The molecule has 0 fully saturated rings. The molecule has 0 aliphatic heterocycles. The van der Waals surface area contributed by atoms with Crippen molar-refractivity contribution in [1.82, 2.24) is 10.2 Å². The molecule has 1 N–H and O–H groups in total. The second-order valence-electron chi connectivity index (χ2n) is 3.62. The van der Waals surface area contributed by atoms with Crippen LogP contribution in [0.4, 0.5) is 5.13 Å². The Balaban J connectivity index is 2.01. The van der Waals surface area contributed by atoms with Crippen molar-refractivity contribution >= 4 is 51.7 Å². The second kappa shape index (κ2) is 6.14. The first-order valence-electron chi connectivity index (χ1n) is 5.29. The van der Waals surface area contributed by atoms with E-state index in [-0.39, 0.29) is 5.91 Å². The molecule has 7 heteroatoms. The number of rotatable bonds is 3. The summed E-state index contributed by atoms with van der Waals surface area (Å²) < 4.78 is 0. The average molecular weight is 314 g/mol. The normalized spacial score (nSPS) is 10.9. The third kappa shape index (κ3) is 4.02. The van der Waals surface area contributed by atoms with E-state index in [1.54, 1.807) is 24.3 Å². The zero-order chi connectivity index (χ0) is 13.8. The van der Waals surface area contributed by atoms with E-state index >= 15 is 0 Å². The quantitative estimate of drug-likeness (QED) is 0.877. The monoisotopic (exact) mass is 313 g/mol. The molecule has 4 nitrogen and oxygen atoms in total. The molecule has 2 rings (SSSR count). The molecular formula is C12H9Cl2N3OS. The number of benzene rings is 1. The highest BCUT2D eigenvalue weighted by atomic mass is 35.5. The number of carbonyl (C=O) groups is 1. The molecule has 0 spiro atoms. The van der Waals surface area contributed by atoms with Crippen molar-refractivity contribution in [1.29, 1.82) is 0 Å². The van der Waals surface area contributed by atoms with E-state index < -0.39 is 0 Å². The number of halogens is 2. The van der Waals surface area contributed by atoms with Gasteiger partial charge in [-0.3, -0.25) is 10.1 Å². The van der Waals surface area contributed by atoms with E-state index in [0.29, 0.717) is 15.2 Å². The van der Waals surface area contributed by atoms with Gasteiger partial charge in [0.05, 0.1) is 10.0 Å². The molecular weight excluding hydrogens is 305 g/mol. The Hall–Kier alpha value is -1.43. The van der Waals surface area contributed by atoms with Gasteiger partial charge in [-0.15, -0.1) is 10.2 Å². The fourth-order valence-electron chi connectivity index (χ4n) is 1.28. The molecule has 0 unspecified atom stereocenters. The van der Waals surface area contributed by atoms with Crippen molar-refractivity contribution in [2.24, 2.45) is 0 Å². The van der Waals surface area contributed by atoms with E-state index in [0.717, 1.165) is 10.6 Å². The lowest BCUT2D eigenvalue weighted by Gasteiger charge is -1.98. The van der Waals surface area contributed by atoms with Crippen LogP contribution in [-0.4, -0.2) is 16.1 Å². The average Bonchev–Trinajstić information content (AvgIpc) is 2.76. The Labute approximate surface area is 124 Å². The molecule has 98 valence electrons. The third-order valence-corrected chi connectivity index (χ3v) is 3.62. The zero-order valence-electron chi connectivity index (χ0n) is 9.85. The van der Waals surface area contributed by atoms with Crippen LogP contribution in [0.5, 0.6) is 0 Å². The summed E-state index contributed by atoms with van der Waals surface area (Å²) in [6.45, 7) is 1.82. The third-order valence-electron chi connectivity index (χ3n) is 2.13. The Kier molecular flexibility index (Phi) is 4.52. The molecule has 1 amide bonds. The number of carbonyl (C=O) groups excluding carboxylic acids is 1. The van der Waals surface area contributed by atoms with Crippen LogP contribution in [0.3, 0.4) is 0 Å². The number of nitrogens with one attached hydrogen (secondary N) is 1.